The van der Waals surface area contributed by atoms with Crippen molar-refractivity contribution in [2.24, 2.45) is 0 Å². The summed E-state index contributed by atoms with van der Waals surface area (Å²) < 4.78 is 5.29. The molecule has 4 heteroatoms. The van der Waals surface area contributed by atoms with Gasteiger partial charge in [-0.05, 0) is 55.4 Å². The number of carboxylic acid groups (broad SMARTS) is 1. The summed E-state index contributed by atoms with van der Waals surface area (Å²) in [4.78, 5) is 13.3. The van der Waals surface area contributed by atoms with Gasteiger partial charge in [0.2, 0.25) is 0 Å². The van der Waals surface area contributed by atoms with Crippen LogP contribution in [0.4, 0.5) is 0 Å². The van der Waals surface area contributed by atoms with E-state index >= 15 is 0 Å². The fourth-order valence-corrected chi connectivity index (χ4v) is 3.29. The lowest BCUT2D eigenvalue weighted by molar-refractivity contribution is -0.139. The summed E-state index contributed by atoms with van der Waals surface area (Å²) in [5, 5.41) is 9.16. The van der Waals surface area contributed by atoms with Crippen LogP contribution in [0.25, 0.3) is 0 Å². The minimum Gasteiger partial charge on any atom is -0.497 e. The zero-order valence-corrected chi connectivity index (χ0v) is 11.8. The minimum atomic E-state index is -0.725. The molecular formula is C16H21NO3. The molecule has 0 aliphatic heterocycles. The van der Waals surface area contributed by atoms with E-state index in [9.17, 15) is 4.79 Å². The number of benzene rings is 1. The van der Waals surface area contributed by atoms with Crippen LogP contribution in [0.15, 0.2) is 18.2 Å². The van der Waals surface area contributed by atoms with Crippen molar-refractivity contribution in [3.05, 3.63) is 29.3 Å². The third-order valence-electron chi connectivity index (χ3n) is 4.37. The number of fused-ring (bicyclic) bond motifs is 1. The highest BCUT2D eigenvalue weighted by atomic mass is 16.5. The number of carbonyl (C=O) groups is 1. The van der Waals surface area contributed by atoms with Gasteiger partial charge in [-0.15, -0.1) is 0 Å². The lowest BCUT2D eigenvalue weighted by atomic mass is 9.86. The Morgan fingerprint density at radius 3 is 2.85 bits per heavy atom. The van der Waals surface area contributed by atoms with Crippen LogP contribution in [0.5, 0.6) is 5.75 Å². The van der Waals surface area contributed by atoms with Gasteiger partial charge in [0, 0.05) is 12.1 Å². The smallest absolute Gasteiger partial charge is 0.317 e. The average molecular weight is 275 g/mol. The molecule has 20 heavy (non-hydrogen) atoms. The van der Waals surface area contributed by atoms with Crippen LogP contribution in [0.1, 0.15) is 42.9 Å². The highest BCUT2D eigenvalue weighted by Crippen LogP contribution is 2.41. The minimum absolute atomic E-state index is 0.154. The van der Waals surface area contributed by atoms with Gasteiger partial charge in [0.15, 0.2) is 0 Å². The molecule has 0 amide bonds. The number of ether oxygens (including phenoxy) is 1. The Morgan fingerprint density at radius 2 is 2.20 bits per heavy atom. The predicted octanol–water partition coefficient (Wildman–Crippen LogP) is 2.62. The zero-order chi connectivity index (χ0) is 14.1. The van der Waals surface area contributed by atoms with E-state index in [-0.39, 0.29) is 12.6 Å². The number of methoxy groups -OCH3 is 1. The van der Waals surface area contributed by atoms with Crippen LogP contribution in [-0.4, -0.2) is 35.7 Å². The molecule has 1 aromatic rings. The van der Waals surface area contributed by atoms with E-state index in [0.29, 0.717) is 6.04 Å². The van der Waals surface area contributed by atoms with Gasteiger partial charge in [-0.3, -0.25) is 9.69 Å². The second-order valence-corrected chi connectivity index (χ2v) is 5.77. The summed E-state index contributed by atoms with van der Waals surface area (Å²) in [6.45, 7) is 0.154. The van der Waals surface area contributed by atoms with E-state index in [4.69, 9.17) is 9.84 Å². The Morgan fingerprint density at radius 1 is 1.40 bits per heavy atom. The number of rotatable bonds is 5. The van der Waals surface area contributed by atoms with Crippen molar-refractivity contribution >= 4 is 5.97 Å². The quantitative estimate of drug-likeness (QED) is 0.897. The van der Waals surface area contributed by atoms with Crippen molar-refractivity contribution in [2.45, 2.75) is 44.2 Å². The molecule has 0 radical (unpaired) electrons. The fourth-order valence-electron chi connectivity index (χ4n) is 3.29. The third-order valence-corrected chi connectivity index (χ3v) is 4.37. The number of aryl methyl sites for hydroxylation is 1. The molecule has 1 saturated carbocycles. The van der Waals surface area contributed by atoms with Crippen LogP contribution in [0.3, 0.4) is 0 Å². The third kappa shape index (κ3) is 2.66. The second kappa shape index (κ2) is 5.44. The lowest BCUT2D eigenvalue weighted by Crippen LogP contribution is -2.37. The molecule has 0 saturated heterocycles. The topological polar surface area (TPSA) is 49.8 Å². The van der Waals surface area contributed by atoms with Crippen molar-refractivity contribution in [3.8, 4) is 5.75 Å². The van der Waals surface area contributed by atoms with E-state index in [1.807, 2.05) is 6.07 Å². The number of hydrogen-bond acceptors (Lipinski definition) is 3. The Hall–Kier alpha value is -1.55. The molecule has 4 nitrogen and oxygen atoms in total. The Bertz CT molecular complexity index is 510. The van der Waals surface area contributed by atoms with Gasteiger partial charge in [-0.1, -0.05) is 6.07 Å². The van der Waals surface area contributed by atoms with E-state index in [0.717, 1.165) is 37.9 Å². The van der Waals surface area contributed by atoms with Crippen LogP contribution in [0.2, 0.25) is 0 Å². The maximum Gasteiger partial charge on any atom is 0.317 e. The van der Waals surface area contributed by atoms with Gasteiger partial charge in [0.1, 0.15) is 5.75 Å². The molecule has 0 bridgehead atoms. The van der Waals surface area contributed by atoms with Gasteiger partial charge < -0.3 is 9.84 Å². The molecule has 108 valence electrons. The molecule has 0 heterocycles. The van der Waals surface area contributed by atoms with Crippen molar-refractivity contribution in [3.63, 3.8) is 0 Å². The molecule has 0 aromatic heterocycles. The number of aliphatic carboxylic acids is 1. The summed E-state index contributed by atoms with van der Waals surface area (Å²) in [6, 6.07) is 6.93. The molecule has 1 fully saturated rings. The van der Waals surface area contributed by atoms with Crippen molar-refractivity contribution in [2.75, 3.05) is 13.7 Å². The molecule has 1 aromatic carbocycles. The summed E-state index contributed by atoms with van der Waals surface area (Å²) in [5.41, 5.74) is 2.61. The highest BCUT2D eigenvalue weighted by molar-refractivity contribution is 5.69. The van der Waals surface area contributed by atoms with E-state index in [1.165, 1.54) is 11.1 Å². The summed E-state index contributed by atoms with van der Waals surface area (Å²) in [7, 11) is 1.68. The number of hydrogen-bond donors (Lipinski definition) is 1. The largest absolute Gasteiger partial charge is 0.497 e. The van der Waals surface area contributed by atoms with Crippen molar-refractivity contribution < 1.29 is 14.6 Å². The standard InChI is InChI=1S/C16H21NO3/c1-20-13-7-8-14-11(9-13)3-2-4-15(14)17(10-16(18)19)12-5-6-12/h7-9,12,15H,2-6,10H2,1H3,(H,18,19). The SMILES string of the molecule is COc1ccc2c(c1)CCCC2N(CC(=O)O)C1CC1. The van der Waals surface area contributed by atoms with Gasteiger partial charge >= 0.3 is 5.97 Å². The first-order valence-electron chi connectivity index (χ1n) is 7.33. The molecule has 1 atom stereocenters. The van der Waals surface area contributed by atoms with E-state index < -0.39 is 5.97 Å². The molecule has 1 unspecified atom stereocenters. The molecule has 3 rings (SSSR count). The zero-order valence-electron chi connectivity index (χ0n) is 11.8. The van der Waals surface area contributed by atoms with Gasteiger partial charge in [0.05, 0.1) is 13.7 Å². The Balaban J connectivity index is 1.89. The van der Waals surface area contributed by atoms with E-state index in [1.54, 1.807) is 7.11 Å². The maximum absolute atomic E-state index is 11.1. The first-order chi connectivity index (χ1) is 9.69. The van der Waals surface area contributed by atoms with Crippen molar-refractivity contribution in [1.29, 1.82) is 0 Å². The van der Waals surface area contributed by atoms with E-state index in [2.05, 4.69) is 17.0 Å². The van der Waals surface area contributed by atoms with Crippen LogP contribution >= 0.6 is 0 Å². The molecule has 1 N–H and O–H groups in total. The van der Waals surface area contributed by atoms with Crippen LogP contribution < -0.4 is 4.74 Å². The predicted molar refractivity (Wildman–Crippen MR) is 76.0 cm³/mol. The summed E-state index contributed by atoms with van der Waals surface area (Å²) in [6.07, 6.45) is 5.51. The molecule has 0 spiro atoms. The van der Waals surface area contributed by atoms with Gasteiger partial charge in [-0.2, -0.15) is 0 Å². The summed E-state index contributed by atoms with van der Waals surface area (Å²) >= 11 is 0. The maximum atomic E-state index is 11.1. The summed E-state index contributed by atoms with van der Waals surface area (Å²) in [5.74, 6) is 0.165. The van der Waals surface area contributed by atoms with Gasteiger partial charge in [-0.25, -0.2) is 0 Å². The Kier molecular flexibility index (Phi) is 3.66. The highest BCUT2D eigenvalue weighted by Gasteiger charge is 2.37. The van der Waals surface area contributed by atoms with Gasteiger partial charge in [0.25, 0.3) is 0 Å². The average Bonchev–Trinajstić information content (AvgIpc) is 3.28. The normalized spacial score (nSPS) is 21.6. The first kappa shape index (κ1) is 13.4. The second-order valence-electron chi connectivity index (χ2n) is 5.77. The molecule has 2 aliphatic carbocycles. The molecule has 2 aliphatic rings. The first-order valence-corrected chi connectivity index (χ1v) is 7.33. The fraction of sp³-hybridized carbons (Fsp3) is 0.562. The number of nitrogens with zero attached hydrogens (tertiary/aromatic N) is 1. The van der Waals surface area contributed by atoms with Crippen LogP contribution in [0, 0.1) is 0 Å². The molecular weight excluding hydrogens is 254 g/mol. The number of carboxylic acids is 1. The lowest BCUT2D eigenvalue weighted by Gasteiger charge is -2.35. The van der Waals surface area contributed by atoms with Crippen LogP contribution in [-0.2, 0) is 11.2 Å². The van der Waals surface area contributed by atoms with Crippen molar-refractivity contribution in [1.82, 2.24) is 4.90 Å². The monoisotopic (exact) mass is 275 g/mol. The Labute approximate surface area is 119 Å².